The van der Waals surface area contributed by atoms with E-state index in [2.05, 4.69) is 99.3 Å². The first-order valence-electron chi connectivity index (χ1n) is 15.2. The van der Waals surface area contributed by atoms with Crippen molar-refractivity contribution < 1.29 is 9.16 Å². The molecule has 1 spiro atoms. The van der Waals surface area contributed by atoms with Crippen LogP contribution in [-0.4, -0.2) is 13.3 Å². The van der Waals surface area contributed by atoms with Crippen molar-refractivity contribution in [1.82, 2.24) is 4.98 Å². The maximum absolute atomic E-state index is 7.35. The zero-order chi connectivity index (χ0) is 28.5. The van der Waals surface area contributed by atoms with Gasteiger partial charge in [0.2, 0.25) is 0 Å². The smallest absolute Gasteiger partial charge is 0.192 e. The van der Waals surface area contributed by atoms with Gasteiger partial charge in [0, 0.05) is 22.5 Å². The van der Waals surface area contributed by atoms with Crippen LogP contribution in [0.2, 0.25) is 18.1 Å². The van der Waals surface area contributed by atoms with Gasteiger partial charge in [-0.15, -0.1) is 0 Å². The fraction of sp³-hybridized carbons (Fsp3) is 0.629. The third kappa shape index (κ3) is 5.00. The van der Waals surface area contributed by atoms with E-state index in [0.29, 0.717) is 5.92 Å². The van der Waals surface area contributed by atoms with Gasteiger partial charge in [-0.25, -0.2) is 0 Å². The second-order valence-corrected chi connectivity index (χ2v) is 20.1. The summed E-state index contributed by atoms with van der Waals surface area (Å²) in [6.45, 7) is 27.5. The van der Waals surface area contributed by atoms with Crippen LogP contribution in [0.25, 0.3) is 5.57 Å². The second-order valence-electron chi connectivity index (χ2n) is 15.3. The summed E-state index contributed by atoms with van der Waals surface area (Å²) >= 11 is 0. The molecular weight excluding hydrogens is 494 g/mol. The van der Waals surface area contributed by atoms with Crippen LogP contribution in [0.4, 0.5) is 0 Å². The number of allylic oxidation sites excluding steroid dienone is 1. The van der Waals surface area contributed by atoms with Crippen molar-refractivity contribution in [2.75, 3.05) is 0 Å². The summed E-state index contributed by atoms with van der Waals surface area (Å²) in [5, 5.41) is 0.151. The minimum absolute atomic E-state index is 0.0673. The van der Waals surface area contributed by atoms with Gasteiger partial charge in [0.05, 0.1) is 11.7 Å². The highest BCUT2D eigenvalue weighted by atomic mass is 28.4. The van der Waals surface area contributed by atoms with Crippen molar-refractivity contribution in [3.05, 3.63) is 70.0 Å². The highest BCUT2D eigenvalue weighted by Gasteiger charge is 2.54. The Morgan fingerprint density at radius 2 is 1.69 bits per heavy atom. The fourth-order valence-corrected chi connectivity index (χ4v) is 8.22. The van der Waals surface area contributed by atoms with Crippen LogP contribution in [0, 0.1) is 5.41 Å². The van der Waals surface area contributed by atoms with Crippen LogP contribution in [-0.2, 0) is 21.2 Å². The van der Waals surface area contributed by atoms with Crippen LogP contribution in [0.1, 0.15) is 145 Å². The predicted octanol–water partition coefficient (Wildman–Crippen LogP) is 10.2. The van der Waals surface area contributed by atoms with E-state index in [1.165, 1.54) is 52.0 Å². The van der Waals surface area contributed by atoms with Crippen molar-refractivity contribution in [3.8, 4) is 0 Å². The number of hydrogen-bond donors (Lipinski definition) is 0. The van der Waals surface area contributed by atoms with E-state index >= 15 is 0 Å². The van der Waals surface area contributed by atoms with Gasteiger partial charge in [-0.1, -0.05) is 97.7 Å². The van der Waals surface area contributed by atoms with E-state index in [9.17, 15) is 0 Å². The molecule has 1 aromatic heterocycles. The Bertz CT molecular complexity index is 1260. The lowest BCUT2D eigenvalue weighted by atomic mass is 9.70. The molecule has 0 radical (unpaired) electrons. The average Bonchev–Trinajstić information content (AvgIpc) is 3.42. The number of ether oxygens (including phenoxy) is 1. The second kappa shape index (κ2) is 9.67. The average molecular weight is 546 g/mol. The molecule has 4 heteroatoms. The number of fused-ring (bicyclic) bond motifs is 4. The van der Waals surface area contributed by atoms with Crippen LogP contribution < -0.4 is 0 Å². The molecule has 39 heavy (non-hydrogen) atoms. The third-order valence-corrected chi connectivity index (χ3v) is 14.5. The molecule has 0 saturated heterocycles. The molecule has 0 bridgehead atoms. The maximum atomic E-state index is 7.35. The third-order valence-electron chi connectivity index (χ3n) is 10.1. The van der Waals surface area contributed by atoms with Crippen molar-refractivity contribution in [1.29, 1.82) is 0 Å². The molecule has 2 aromatic rings. The SMILES string of the molecule is C=C(C)c1ccc(C2OC3(CCCC3)c3c4c(nc(C(C)C)c32)CC(C)(C)CC4O[Si](C)(C)C(C)(C)C)cc1. The molecule has 1 aliphatic heterocycles. The minimum atomic E-state index is -2.02. The van der Waals surface area contributed by atoms with Crippen molar-refractivity contribution in [3.63, 3.8) is 0 Å². The normalized spacial score (nSPS) is 23.8. The topological polar surface area (TPSA) is 31.4 Å². The monoisotopic (exact) mass is 545 g/mol. The van der Waals surface area contributed by atoms with Gasteiger partial charge in [-0.2, -0.15) is 0 Å². The van der Waals surface area contributed by atoms with Crippen molar-refractivity contribution >= 4 is 13.9 Å². The number of aromatic nitrogens is 1. The summed E-state index contributed by atoms with van der Waals surface area (Å²) in [6, 6.07) is 8.91. The number of hydrogen-bond acceptors (Lipinski definition) is 3. The van der Waals surface area contributed by atoms with Gasteiger partial charge in [-0.05, 0) is 78.8 Å². The molecule has 2 heterocycles. The molecule has 0 amide bonds. The summed E-state index contributed by atoms with van der Waals surface area (Å²) in [5.74, 6) is 0.325. The molecule has 3 nitrogen and oxygen atoms in total. The molecule has 1 fully saturated rings. The Hall–Kier alpha value is -1.75. The molecule has 1 aromatic carbocycles. The summed E-state index contributed by atoms with van der Waals surface area (Å²) in [6.07, 6.45) is 6.63. The fourth-order valence-electron chi connectivity index (χ4n) is 6.96. The molecule has 0 N–H and O–H groups in total. The van der Waals surface area contributed by atoms with Gasteiger partial charge >= 0.3 is 0 Å². The van der Waals surface area contributed by atoms with Crippen LogP contribution >= 0.6 is 0 Å². The van der Waals surface area contributed by atoms with E-state index in [0.717, 1.165) is 31.3 Å². The number of benzene rings is 1. The quantitative estimate of drug-likeness (QED) is 0.350. The van der Waals surface area contributed by atoms with E-state index in [1.807, 2.05) is 0 Å². The highest BCUT2D eigenvalue weighted by molar-refractivity contribution is 6.74. The van der Waals surface area contributed by atoms with Gasteiger partial charge in [-0.3, -0.25) is 4.98 Å². The Morgan fingerprint density at radius 3 is 2.23 bits per heavy atom. The predicted molar refractivity (Wildman–Crippen MR) is 166 cm³/mol. The molecule has 1 saturated carbocycles. The molecular formula is C35H51NO2Si. The zero-order valence-corrected chi connectivity index (χ0v) is 27.3. The Balaban J connectivity index is 1.76. The van der Waals surface area contributed by atoms with Gasteiger partial charge in [0.1, 0.15) is 6.10 Å². The molecule has 212 valence electrons. The van der Waals surface area contributed by atoms with E-state index < -0.39 is 8.32 Å². The lowest BCUT2D eigenvalue weighted by Gasteiger charge is -2.45. The molecule has 3 aliphatic rings. The van der Waals surface area contributed by atoms with Gasteiger partial charge < -0.3 is 9.16 Å². The first-order chi connectivity index (χ1) is 18.1. The molecule has 2 unspecified atom stereocenters. The minimum Gasteiger partial charge on any atom is -0.410 e. The van der Waals surface area contributed by atoms with Crippen molar-refractivity contribution in [2.45, 2.75) is 136 Å². The zero-order valence-electron chi connectivity index (χ0n) is 26.3. The van der Waals surface area contributed by atoms with Crippen LogP contribution in [0.5, 0.6) is 0 Å². The number of rotatable bonds is 5. The van der Waals surface area contributed by atoms with Gasteiger partial charge in [0.25, 0.3) is 0 Å². The summed E-state index contributed by atoms with van der Waals surface area (Å²) < 4.78 is 14.7. The Morgan fingerprint density at radius 1 is 1.08 bits per heavy atom. The Labute approximate surface area is 238 Å². The van der Waals surface area contributed by atoms with Crippen molar-refractivity contribution in [2.24, 2.45) is 5.41 Å². The first kappa shape index (κ1) is 28.8. The maximum Gasteiger partial charge on any atom is 0.192 e. The summed E-state index contributed by atoms with van der Waals surface area (Å²) in [4.78, 5) is 5.54. The van der Waals surface area contributed by atoms with E-state index in [4.69, 9.17) is 14.1 Å². The molecule has 2 aliphatic carbocycles. The molecule has 5 rings (SSSR count). The Kier molecular flexibility index (Phi) is 7.13. The standard InChI is InChI=1S/C35H51NO2Si/c1-22(2)24-14-16-25(17-15-24)32-29-30(35(37-32)18-12-13-19-35)28-26(36-31(29)23(3)4)20-34(8,9)21-27(28)38-39(10,11)33(5,6)7/h14-17,23,27,32H,1,12-13,18-21H2,2-11H3. The lowest BCUT2D eigenvalue weighted by molar-refractivity contribution is -0.0579. The lowest BCUT2D eigenvalue weighted by Crippen LogP contribution is -2.44. The van der Waals surface area contributed by atoms with Crippen LogP contribution in [0.15, 0.2) is 30.8 Å². The van der Waals surface area contributed by atoms with Gasteiger partial charge in [0.15, 0.2) is 8.32 Å². The highest BCUT2D eigenvalue weighted by Crippen LogP contribution is 2.60. The first-order valence-corrected chi connectivity index (χ1v) is 18.1. The molecule has 2 atom stereocenters. The number of nitrogens with zero attached hydrogens (tertiary/aromatic N) is 1. The number of pyridine rings is 1. The summed E-state index contributed by atoms with van der Waals surface area (Å²) in [5.41, 5.74) is 10.1. The largest absolute Gasteiger partial charge is 0.410 e. The van der Waals surface area contributed by atoms with E-state index in [1.54, 1.807) is 0 Å². The summed E-state index contributed by atoms with van der Waals surface area (Å²) in [7, 11) is -2.02. The van der Waals surface area contributed by atoms with E-state index in [-0.39, 0.29) is 28.3 Å². The van der Waals surface area contributed by atoms with Crippen LogP contribution in [0.3, 0.4) is 0 Å².